The fraction of sp³-hybridized carbons (Fsp3) is 0.130. The van der Waals surface area contributed by atoms with Crippen LogP contribution in [-0.2, 0) is 6.54 Å². The Kier molecular flexibility index (Phi) is 5.67. The van der Waals surface area contributed by atoms with E-state index in [0.29, 0.717) is 17.7 Å². The molecule has 0 saturated carbocycles. The van der Waals surface area contributed by atoms with E-state index >= 15 is 0 Å². The van der Waals surface area contributed by atoms with E-state index in [0.717, 1.165) is 22.4 Å². The highest BCUT2D eigenvalue weighted by Gasteiger charge is 2.08. The quantitative estimate of drug-likeness (QED) is 0.706. The van der Waals surface area contributed by atoms with Crippen LogP contribution in [0.1, 0.15) is 37.4 Å². The van der Waals surface area contributed by atoms with E-state index in [2.05, 4.69) is 16.7 Å². The van der Waals surface area contributed by atoms with Crippen molar-refractivity contribution >= 4 is 17.5 Å². The number of carbonyl (C=O) groups is 2. The Hall–Kier alpha value is -3.40. The number of hydrogen-bond donors (Lipinski definition) is 2. The average molecular weight is 358 g/mol. The van der Waals surface area contributed by atoms with Crippen LogP contribution in [0.5, 0.6) is 0 Å². The lowest BCUT2D eigenvalue weighted by Crippen LogP contribution is -2.22. The Balaban J connectivity index is 1.59. The molecule has 0 aliphatic heterocycles. The first kappa shape index (κ1) is 18.4. The van der Waals surface area contributed by atoms with Crippen molar-refractivity contribution in [3.8, 4) is 0 Å². The van der Waals surface area contributed by atoms with Crippen molar-refractivity contribution in [3.05, 3.63) is 101 Å². The summed E-state index contributed by atoms with van der Waals surface area (Å²) in [5, 5.41) is 5.80. The van der Waals surface area contributed by atoms with Crippen molar-refractivity contribution in [1.29, 1.82) is 0 Å². The first-order chi connectivity index (χ1) is 13.0. The third-order valence-electron chi connectivity index (χ3n) is 4.18. The van der Waals surface area contributed by atoms with Gasteiger partial charge in [0.2, 0.25) is 0 Å². The fourth-order valence-corrected chi connectivity index (χ4v) is 2.90. The van der Waals surface area contributed by atoms with Gasteiger partial charge in [0, 0.05) is 23.4 Å². The van der Waals surface area contributed by atoms with Crippen LogP contribution in [0.4, 0.5) is 5.69 Å². The summed E-state index contributed by atoms with van der Waals surface area (Å²) in [5.41, 5.74) is 5.14. The molecule has 4 heteroatoms. The maximum absolute atomic E-state index is 12.4. The van der Waals surface area contributed by atoms with Gasteiger partial charge in [-0.05, 0) is 66.9 Å². The largest absolute Gasteiger partial charge is 0.348 e. The molecule has 0 fully saturated rings. The molecule has 0 heterocycles. The molecular formula is C23H22N2O2. The third kappa shape index (κ3) is 5.05. The molecule has 0 radical (unpaired) electrons. The lowest BCUT2D eigenvalue weighted by molar-refractivity contribution is 0.0949. The first-order valence-corrected chi connectivity index (χ1v) is 8.83. The minimum absolute atomic E-state index is 0.118. The zero-order chi connectivity index (χ0) is 19.2. The SMILES string of the molecule is Cc1cc(C)cc(NC(=O)c2ccc(CNC(=O)c3ccccc3)cc2)c1. The Morgan fingerprint density at radius 2 is 1.33 bits per heavy atom. The standard InChI is InChI=1S/C23H22N2O2/c1-16-12-17(2)14-21(13-16)25-23(27)20-10-8-18(9-11-20)15-24-22(26)19-6-4-3-5-7-19/h3-14H,15H2,1-2H3,(H,24,26)(H,25,27). The number of amides is 2. The van der Waals surface area contributed by atoms with Gasteiger partial charge in [-0.15, -0.1) is 0 Å². The molecule has 0 aliphatic carbocycles. The van der Waals surface area contributed by atoms with Crippen LogP contribution in [0.15, 0.2) is 72.8 Å². The van der Waals surface area contributed by atoms with Crippen LogP contribution in [-0.4, -0.2) is 11.8 Å². The molecule has 0 aromatic heterocycles. The Bertz CT molecular complexity index is 928. The molecule has 0 unspecified atom stereocenters. The highest BCUT2D eigenvalue weighted by atomic mass is 16.2. The van der Waals surface area contributed by atoms with Gasteiger partial charge in [-0.1, -0.05) is 36.4 Å². The predicted octanol–water partition coefficient (Wildman–Crippen LogP) is 4.49. The number of aryl methyl sites for hydroxylation is 2. The van der Waals surface area contributed by atoms with Gasteiger partial charge in [-0.2, -0.15) is 0 Å². The molecule has 4 nitrogen and oxygen atoms in total. The number of rotatable bonds is 5. The summed E-state index contributed by atoms with van der Waals surface area (Å²) in [4.78, 5) is 24.5. The van der Waals surface area contributed by atoms with Crippen LogP contribution in [0, 0.1) is 13.8 Å². The van der Waals surface area contributed by atoms with E-state index in [1.54, 1.807) is 24.3 Å². The Morgan fingerprint density at radius 1 is 0.741 bits per heavy atom. The van der Waals surface area contributed by atoms with Crippen LogP contribution < -0.4 is 10.6 Å². The second-order valence-electron chi connectivity index (χ2n) is 6.58. The molecule has 0 aliphatic rings. The molecule has 3 aromatic rings. The van der Waals surface area contributed by atoms with Gasteiger partial charge < -0.3 is 10.6 Å². The van der Waals surface area contributed by atoms with E-state index in [4.69, 9.17) is 0 Å². The van der Waals surface area contributed by atoms with Gasteiger partial charge in [0.25, 0.3) is 11.8 Å². The third-order valence-corrected chi connectivity index (χ3v) is 4.18. The van der Waals surface area contributed by atoms with Crippen LogP contribution in [0.2, 0.25) is 0 Å². The van der Waals surface area contributed by atoms with E-state index in [-0.39, 0.29) is 11.8 Å². The molecule has 0 saturated heterocycles. The Labute approximate surface area is 159 Å². The smallest absolute Gasteiger partial charge is 0.255 e. The molecule has 0 atom stereocenters. The molecule has 27 heavy (non-hydrogen) atoms. The van der Waals surface area contributed by atoms with E-state index < -0.39 is 0 Å². The molecule has 2 amide bonds. The Morgan fingerprint density at radius 3 is 1.96 bits per heavy atom. The monoisotopic (exact) mass is 358 g/mol. The molecule has 3 aromatic carbocycles. The highest BCUT2D eigenvalue weighted by molar-refractivity contribution is 6.04. The van der Waals surface area contributed by atoms with Crippen molar-refractivity contribution in [2.75, 3.05) is 5.32 Å². The maximum atomic E-state index is 12.4. The van der Waals surface area contributed by atoms with Gasteiger partial charge in [0.1, 0.15) is 0 Å². The van der Waals surface area contributed by atoms with E-state index in [1.807, 2.05) is 56.3 Å². The van der Waals surface area contributed by atoms with Crippen LogP contribution in [0.25, 0.3) is 0 Å². The number of anilines is 1. The molecule has 2 N–H and O–H groups in total. The van der Waals surface area contributed by atoms with Gasteiger partial charge in [0.15, 0.2) is 0 Å². The summed E-state index contributed by atoms with van der Waals surface area (Å²) in [6, 6.07) is 22.3. The van der Waals surface area contributed by atoms with Crippen molar-refractivity contribution in [2.45, 2.75) is 20.4 Å². The van der Waals surface area contributed by atoms with Gasteiger partial charge in [0.05, 0.1) is 0 Å². The zero-order valence-electron chi connectivity index (χ0n) is 15.5. The predicted molar refractivity (Wildman–Crippen MR) is 108 cm³/mol. The highest BCUT2D eigenvalue weighted by Crippen LogP contribution is 2.15. The number of nitrogens with one attached hydrogen (secondary N) is 2. The molecule has 136 valence electrons. The van der Waals surface area contributed by atoms with E-state index in [9.17, 15) is 9.59 Å². The average Bonchev–Trinajstić information content (AvgIpc) is 2.66. The maximum Gasteiger partial charge on any atom is 0.255 e. The fourth-order valence-electron chi connectivity index (χ4n) is 2.90. The van der Waals surface area contributed by atoms with Gasteiger partial charge in [-0.25, -0.2) is 0 Å². The summed E-state index contributed by atoms with van der Waals surface area (Å²) in [5.74, 6) is -0.271. The van der Waals surface area contributed by atoms with Gasteiger partial charge in [-0.3, -0.25) is 9.59 Å². The van der Waals surface area contributed by atoms with Gasteiger partial charge >= 0.3 is 0 Å². The zero-order valence-corrected chi connectivity index (χ0v) is 15.5. The summed E-state index contributed by atoms with van der Waals surface area (Å²) in [7, 11) is 0. The minimum Gasteiger partial charge on any atom is -0.348 e. The number of hydrogen-bond acceptors (Lipinski definition) is 2. The van der Waals surface area contributed by atoms with Crippen molar-refractivity contribution in [3.63, 3.8) is 0 Å². The lowest BCUT2D eigenvalue weighted by atomic mass is 10.1. The molecule has 3 rings (SSSR count). The van der Waals surface area contributed by atoms with Crippen LogP contribution >= 0.6 is 0 Å². The van der Waals surface area contributed by atoms with E-state index in [1.165, 1.54) is 0 Å². The number of carbonyl (C=O) groups excluding carboxylic acids is 2. The summed E-state index contributed by atoms with van der Waals surface area (Å²) in [6.07, 6.45) is 0. The van der Waals surface area contributed by atoms with Crippen LogP contribution in [0.3, 0.4) is 0 Å². The topological polar surface area (TPSA) is 58.2 Å². The summed E-state index contributed by atoms with van der Waals surface area (Å²) in [6.45, 7) is 4.41. The normalized spacial score (nSPS) is 10.3. The van der Waals surface area contributed by atoms with Crippen molar-refractivity contribution < 1.29 is 9.59 Å². The molecular weight excluding hydrogens is 336 g/mol. The van der Waals surface area contributed by atoms with Crippen molar-refractivity contribution in [1.82, 2.24) is 5.32 Å². The summed E-state index contributed by atoms with van der Waals surface area (Å²) >= 11 is 0. The molecule has 0 bridgehead atoms. The number of benzene rings is 3. The second-order valence-corrected chi connectivity index (χ2v) is 6.58. The first-order valence-electron chi connectivity index (χ1n) is 8.83. The lowest BCUT2D eigenvalue weighted by Gasteiger charge is -2.09. The minimum atomic E-state index is -0.153. The second kappa shape index (κ2) is 8.32. The molecule has 0 spiro atoms. The summed E-state index contributed by atoms with van der Waals surface area (Å²) < 4.78 is 0. The van der Waals surface area contributed by atoms with Crippen molar-refractivity contribution in [2.24, 2.45) is 0 Å².